The molecular weight excluding hydrogens is 289 g/mol. The van der Waals surface area contributed by atoms with Gasteiger partial charge in [-0.1, -0.05) is 12.8 Å². The Kier molecular flexibility index (Phi) is 6.94. The Morgan fingerprint density at radius 1 is 1.29 bits per heavy atom. The van der Waals surface area contributed by atoms with E-state index in [-0.39, 0.29) is 25.5 Å². The van der Waals surface area contributed by atoms with Crippen molar-refractivity contribution in [1.82, 2.24) is 10.2 Å². The second-order valence-electron chi connectivity index (χ2n) is 5.22. The lowest BCUT2D eigenvalue weighted by atomic mass is 10.1. The number of likely N-dealkylation sites (tertiary alicyclic amines) is 1. The summed E-state index contributed by atoms with van der Waals surface area (Å²) in [5, 5.41) is 11.2. The third-order valence-electron chi connectivity index (χ3n) is 3.34. The van der Waals surface area contributed by atoms with Crippen LogP contribution in [0.25, 0.3) is 0 Å². The molecule has 0 aromatic heterocycles. The van der Waals surface area contributed by atoms with Crippen LogP contribution in [0.2, 0.25) is 0 Å². The number of rotatable bonds is 8. The van der Waals surface area contributed by atoms with Crippen LogP contribution in [0.4, 0.5) is 13.2 Å². The van der Waals surface area contributed by atoms with E-state index in [1.807, 2.05) is 0 Å². The molecule has 2 N–H and O–H groups in total. The number of carbonyl (C=O) groups excluding carboxylic acids is 2. The lowest BCUT2D eigenvalue weighted by molar-refractivity contribution is -0.157. The van der Waals surface area contributed by atoms with Crippen molar-refractivity contribution in [3.63, 3.8) is 0 Å². The molecule has 1 unspecified atom stereocenters. The van der Waals surface area contributed by atoms with Crippen LogP contribution < -0.4 is 5.32 Å². The molecule has 0 bridgehead atoms. The van der Waals surface area contributed by atoms with Crippen LogP contribution in [0, 0.1) is 5.92 Å². The van der Waals surface area contributed by atoms with Crippen LogP contribution in [0.15, 0.2) is 0 Å². The molecule has 1 fully saturated rings. The standard InChI is InChI=1S/C13H21F3N2O3/c14-13(15,16)9-18-8-10(7-11(18)20)12(21)17-5-3-1-2-4-6-19/h10,19H,1-9H2,(H,17,21). The largest absolute Gasteiger partial charge is 0.406 e. The molecule has 21 heavy (non-hydrogen) atoms. The molecule has 0 aliphatic carbocycles. The summed E-state index contributed by atoms with van der Waals surface area (Å²) in [7, 11) is 0. The zero-order chi connectivity index (χ0) is 15.9. The van der Waals surface area contributed by atoms with Crippen molar-refractivity contribution in [1.29, 1.82) is 0 Å². The average molecular weight is 310 g/mol. The van der Waals surface area contributed by atoms with Gasteiger partial charge in [0.25, 0.3) is 0 Å². The Bertz CT molecular complexity index is 361. The number of hydrogen-bond donors (Lipinski definition) is 2. The highest BCUT2D eigenvalue weighted by Crippen LogP contribution is 2.23. The number of aliphatic hydroxyl groups excluding tert-OH is 1. The number of amides is 2. The van der Waals surface area contributed by atoms with Crippen molar-refractivity contribution in [2.24, 2.45) is 5.92 Å². The maximum Gasteiger partial charge on any atom is 0.406 e. The second kappa shape index (κ2) is 8.21. The van der Waals surface area contributed by atoms with Crippen LogP contribution in [-0.4, -0.2) is 54.2 Å². The highest BCUT2D eigenvalue weighted by atomic mass is 19.4. The number of aliphatic hydroxyl groups is 1. The summed E-state index contributed by atoms with van der Waals surface area (Å²) in [4.78, 5) is 23.9. The fraction of sp³-hybridized carbons (Fsp3) is 0.846. The molecule has 1 saturated heterocycles. The first-order valence-corrected chi connectivity index (χ1v) is 7.06. The molecule has 0 aromatic carbocycles. The number of unbranched alkanes of at least 4 members (excludes halogenated alkanes) is 3. The van der Waals surface area contributed by atoms with Gasteiger partial charge in [0.1, 0.15) is 6.54 Å². The van der Waals surface area contributed by atoms with Crippen LogP contribution in [0.3, 0.4) is 0 Å². The second-order valence-corrected chi connectivity index (χ2v) is 5.22. The summed E-state index contributed by atoms with van der Waals surface area (Å²) in [6, 6.07) is 0. The molecule has 8 heteroatoms. The lowest BCUT2D eigenvalue weighted by Gasteiger charge is -2.18. The zero-order valence-electron chi connectivity index (χ0n) is 11.8. The summed E-state index contributed by atoms with van der Waals surface area (Å²) in [6.45, 7) is -0.884. The number of hydrogen-bond acceptors (Lipinski definition) is 3. The monoisotopic (exact) mass is 310 g/mol. The van der Waals surface area contributed by atoms with E-state index in [0.29, 0.717) is 11.4 Å². The van der Waals surface area contributed by atoms with Crippen LogP contribution in [-0.2, 0) is 9.59 Å². The molecule has 1 heterocycles. The minimum absolute atomic E-state index is 0.144. The molecule has 0 spiro atoms. The molecule has 0 radical (unpaired) electrons. The van der Waals surface area contributed by atoms with Gasteiger partial charge in [-0.25, -0.2) is 0 Å². The highest BCUT2D eigenvalue weighted by Gasteiger charge is 2.40. The van der Waals surface area contributed by atoms with Gasteiger partial charge in [0, 0.05) is 26.1 Å². The topological polar surface area (TPSA) is 69.6 Å². The maximum absolute atomic E-state index is 12.2. The fourth-order valence-electron chi connectivity index (χ4n) is 2.26. The molecular formula is C13H21F3N2O3. The lowest BCUT2D eigenvalue weighted by Crippen LogP contribution is -2.37. The number of nitrogens with one attached hydrogen (secondary N) is 1. The highest BCUT2D eigenvalue weighted by molar-refractivity contribution is 5.89. The maximum atomic E-state index is 12.2. The predicted molar refractivity (Wildman–Crippen MR) is 69.3 cm³/mol. The van der Waals surface area contributed by atoms with E-state index in [9.17, 15) is 22.8 Å². The zero-order valence-corrected chi connectivity index (χ0v) is 11.8. The van der Waals surface area contributed by atoms with Crippen molar-refractivity contribution in [3.8, 4) is 0 Å². The van der Waals surface area contributed by atoms with Gasteiger partial charge in [-0.15, -0.1) is 0 Å². The van der Waals surface area contributed by atoms with Crippen LogP contribution >= 0.6 is 0 Å². The van der Waals surface area contributed by atoms with Crippen molar-refractivity contribution >= 4 is 11.8 Å². The van der Waals surface area contributed by atoms with E-state index in [1.54, 1.807) is 0 Å². The molecule has 1 aliphatic rings. The van der Waals surface area contributed by atoms with Crippen molar-refractivity contribution in [3.05, 3.63) is 0 Å². The van der Waals surface area contributed by atoms with Gasteiger partial charge in [-0.2, -0.15) is 13.2 Å². The third kappa shape index (κ3) is 6.79. The van der Waals surface area contributed by atoms with E-state index < -0.39 is 24.5 Å². The summed E-state index contributed by atoms with van der Waals surface area (Å²) < 4.78 is 36.7. The fourth-order valence-corrected chi connectivity index (χ4v) is 2.26. The van der Waals surface area contributed by atoms with Crippen molar-refractivity contribution in [2.75, 3.05) is 26.2 Å². The van der Waals surface area contributed by atoms with Crippen LogP contribution in [0.5, 0.6) is 0 Å². The van der Waals surface area contributed by atoms with Gasteiger partial charge in [0.2, 0.25) is 11.8 Å². The SMILES string of the molecule is O=C(NCCCCCCO)C1CC(=O)N(CC(F)(F)F)C1. The Balaban J connectivity index is 2.25. The number of halogens is 3. The number of alkyl halides is 3. The number of nitrogens with zero attached hydrogens (tertiary/aromatic N) is 1. The average Bonchev–Trinajstić information content (AvgIpc) is 2.73. The van der Waals surface area contributed by atoms with Crippen molar-refractivity contribution in [2.45, 2.75) is 38.3 Å². The Labute approximate surface area is 121 Å². The minimum atomic E-state index is -4.44. The molecule has 2 amide bonds. The quantitative estimate of drug-likeness (QED) is 0.659. The van der Waals surface area contributed by atoms with E-state index in [2.05, 4.69) is 5.32 Å². The van der Waals surface area contributed by atoms with Crippen molar-refractivity contribution < 1.29 is 27.9 Å². The van der Waals surface area contributed by atoms with Gasteiger partial charge >= 0.3 is 6.18 Å². The smallest absolute Gasteiger partial charge is 0.396 e. The van der Waals surface area contributed by atoms with E-state index >= 15 is 0 Å². The van der Waals surface area contributed by atoms with Gasteiger partial charge in [-0.3, -0.25) is 9.59 Å². The molecule has 122 valence electrons. The predicted octanol–water partition coefficient (Wildman–Crippen LogP) is 1.07. The first-order chi connectivity index (χ1) is 9.83. The first kappa shape index (κ1) is 17.7. The molecule has 0 saturated carbocycles. The summed E-state index contributed by atoms with van der Waals surface area (Å²) >= 11 is 0. The first-order valence-electron chi connectivity index (χ1n) is 7.06. The van der Waals surface area contributed by atoms with Gasteiger partial charge < -0.3 is 15.3 Å². The Morgan fingerprint density at radius 2 is 1.95 bits per heavy atom. The van der Waals surface area contributed by atoms with E-state index in [0.717, 1.165) is 25.7 Å². The summed E-state index contributed by atoms with van der Waals surface area (Å²) in [5.41, 5.74) is 0. The third-order valence-corrected chi connectivity index (χ3v) is 3.34. The van der Waals surface area contributed by atoms with Gasteiger partial charge in [0.15, 0.2) is 0 Å². The van der Waals surface area contributed by atoms with E-state index in [4.69, 9.17) is 5.11 Å². The normalized spacial score (nSPS) is 19.1. The minimum Gasteiger partial charge on any atom is -0.396 e. The summed E-state index contributed by atoms with van der Waals surface area (Å²) in [5.74, 6) is -1.69. The molecule has 5 nitrogen and oxygen atoms in total. The Morgan fingerprint density at radius 3 is 2.57 bits per heavy atom. The number of carbonyl (C=O) groups is 2. The van der Waals surface area contributed by atoms with Gasteiger partial charge in [0.05, 0.1) is 5.92 Å². The van der Waals surface area contributed by atoms with Crippen LogP contribution in [0.1, 0.15) is 32.1 Å². The molecule has 1 atom stereocenters. The molecule has 0 aromatic rings. The summed E-state index contributed by atoms with van der Waals surface area (Å²) in [6.07, 6.45) is -1.39. The van der Waals surface area contributed by atoms with E-state index in [1.165, 1.54) is 0 Å². The Hall–Kier alpha value is -1.31. The molecule has 1 rings (SSSR count). The van der Waals surface area contributed by atoms with Gasteiger partial charge in [-0.05, 0) is 12.8 Å². The molecule has 1 aliphatic heterocycles.